The highest BCUT2D eigenvalue weighted by atomic mass is 79.9. The first-order valence-corrected chi connectivity index (χ1v) is 9.98. The maximum Gasteiger partial charge on any atom is 0.327 e. The number of fused-ring (bicyclic) bond motifs is 1. The molecule has 2 heterocycles. The Morgan fingerprint density at radius 1 is 1.03 bits per heavy atom. The summed E-state index contributed by atoms with van der Waals surface area (Å²) in [7, 11) is 0. The minimum absolute atomic E-state index is 0.00894. The van der Waals surface area contributed by atoms with Gasteiger partial charge in [-0.1, -0.05) is 13.0 Å². The highest BCUT2D eigenvalue weighted by Crippen LogP contribution is 2.38. The zero-order valence-electron chi connectivity index (χ0n) is 16.2. The molecule has 152 valence electrons. The summed E-state index contributed by atoms with van der Waals surface area (Å²) < 4.78 is 12.4. The minimum atomic E-state index is -0.105. The zero-order valence-corrected chi connectivity index (χ0v) is 17.8. The van der Waals surface area contributed by atoms with Crippen LogP contribution in [0.5, 0.6) is 29.1 Å². The summed E-state index contributed by atoms with van der Waals surface area (Å²) in [6.07, 6.45) is 0.710. The molecule has 0 bridgehead atoms. The number of aromatic amines is 1. The van der Waals surface area contributed by atoms with Gasteiger partial charge in [0.05, 0.1) is 33.1 Å². The van der Waals surface area contributed by atoms with E-state index in [-0.39, 0.29) is 29.0 Å². The maximum absolute atomic E-state index is 9.88. The molecule has 2 aromatic carbocycles. The second-order valence-corrected chi connectivity index (χ2v) is 7.27. The van der Waals surface area contributed by atoms with Crippen molar-refractivity contribution in [2.75, 3.05) is 0 Å². The van der Waals surface area contributed by atoms with Crippen molar-refractivity contribution >= 4 is 27.0 Å². The monoisotopic (exact) mass is 475 g/mol. The zero-order chi connectivity index (χ0) is 22.0. The van der Waals surface area contributed by atoms with Crippen LogP contribution in [0.3, 0.4) is 0 Å². The van der Waals surface area contributed by atoms with E-state index in [2.05, 4.69) is 37.0 Å². The van der Waals surface area contributed by atoms with Crippen molar-refractivity contribution in [2.45, 2.75) is 13.3 Å². The number of halogens is 1. The van der Waals surface area contributed by atoms with Gasteiger partial charge in [-0.2, -0.15) is 20.5 Å². The molecule has 4 rings (SSSR count). The topological polar surface area (TPSA) is 128 Å². The van der Waals surface area contributed by atoms with Gasteiger partial charge in [0.25, 0.3) is 0 Å². The lowest BCUT2D eigenvalue weighted by Gasteiger charge is -2.10. The first-order chi connectivity index (χ1) is 15.0. The van der Waals surface area contributed by atoms with E-state index >= 15 is 0 Å². The first-order valence-electron chi connectivity index (χ1n) is 9.18. The minimum Gasteiger partial charge on any atom is -0.508 e. The van der Waals surface area contributed by atoms with Gasteiger partial charge in [-0.15, -0.1) is 0 Å². The van der Waals surface area contributed by atoms with Crippen LogP contribution in [0.25, 0.3) is 11.0 Å². The lowest BCUT2D eigenvalue weighted by atomic mass is 10.2. The van der Waals surface area contributed by atoms with Gasteiger partial charge in [-0.3, -0.25) is 0 Å². The Bertz CT molecular complexity index is 1380. The van der Waals surface area contributed by atoms with Gasteiger partial charge in [-0.05, 0) is 52.7 Å². The van der Waals surface area contributed by atoms with E-state index < -0.39 is 0 Å². The fourth-order valence-electron chi connectivity index (χ4n) is 2.97. The number of ether oxygens (including phenoxy) is 2. The third kappa shape index (κ3) is 4.13. The molecule has 0 radical (unpaired) electrons. The molecule has 2 N–H and O–H groups in total. The normalized spacial score (nSPS) is 10.5. The standard InChI is InChI=1S/C22H14BrN5O3/c1-2-17-19(23)18-20(26-17)27-22(31-15-5-3-4-12(7-15)10-24)28-21(18)30-16-8-13(11-25)6-14(29)9-16/h3-9,29H,2H2,1H3,(H,26,27,28). The molecule has 0 aliphatic heterocycles. The second kappa shape index (κ2) is 8.34. The van der Waals surface area contributed by atoms with Crippen LogP contribution < -0.4 is 9.47 Å². The summed E-state index contributed by atoms with van der Waals surface area (Å²) in [5.74, 6) is 0.704. The average Bonchev–Trinajstić information content (AvgIpc) is 3.09. The third-order valence-corrected chi connectivity index (χ3v) is 5.24. The number of rotatable bonds is 5. The maximum atomic E-state index is 9.88. The van der Waals surface area contributed by atoms with Crippen molar-refractivity contribution in [3.63, 3.8) is 0 Å². The van der Waals surface area contributed by atoms with E-state index in [1.54, 1.807) is 24.3 Å². The number of hydrogen-bond acceptors (Lipinski definition) is 7. The van der Waals surface area contributed by atoms with Crippen LogP contribution >= 0.6 is 15.9 Å². The van der Waals surface area contributed by atoms with Crippen molar-refractivity contribution in [1.82, 2.24) is 15.0 Å². The van der Waals surface area contributed by atoms with Crippen LogP contribution in [-0.4, -0.2) is 20.1 Å². The van der Waals surface area contributed by atoms with Crippen molar-refractivity contribution in [2.24, 2.45) is 0 Å². The van der Waals surface area contributed by atoms with Gasteiger partial charge in [-0.25, -0.2) is 0 Å². The lowest BCUT2D eigenvalue weighted by molar-refractivity contribution is 0.414. The van der Waals surface area contributed by atoms with E-state index in [1.165, 1.54) is 18.2 Å². The smallest absolute Gasteiger partial charge is 0.327 e. The predicted octanol–water partition coefficient (Wildman–Crippen LogP) is 5.32. The van der Waals surface area contributed by atoms with Crippen LogP contribution in [0.2, 0.25) is 0 Å². The molecule has 4 aromatic rings. The first kappa shape index (κ1) is 20.2. The Morgan fingerprint density at radius 3 is 2.55 bits per heavy atom. The number of H-pyrrole nitrogens is 1. The second-order valence-electron chi connectivity index (χ2n) is 6.48. The molecule has 2 aromatic heterocycles. The van der Waals surface area contributed by atoms with Gasteiger partial charge in [0.15, 0.2) is 0 Å². The van der Waals surface area contributed by atoms with E-state index in [1.807, 2.05) is 13.0 Å². The number of hydrogen-bond donors (Lipinski definition) is 2. The molecule has 0 aliphatic rings. The van der Waals surface area contributed by atoms with Crippen molar-refractivity contribution in [1.29, 1.82) is 10.5 Å². The largest absolute Gasteiger partial charge is 0.508 e. The summed E-state index contributed by atoms with van der Waals surface area (Å²) >= 11 is 3.56. The van der Waals surface area contributed by atoms with Gasteiger partial charge >= 0.3 is 6.01 Å². The molecule has 0 amide bonds. The highest BCUT2D eigenvalue weighted by molar-refractivity contribution is 9.10. The van der Waals surface area contributed by atoms with E-state index in [4.69, 9.17) is 20.0 Å². The van der Waals surface area contributed by atoms with E-state index in [9.17, 15) is 5.11 Å². The summed E-state index contributed by atoms with van der Waals surface area (Å²) in [4.78, 5) is 12.0. The average molecular weight is 476 g/mol. The third-order valence-electron chi connectivity index (χ3n) is 4.37. The molecule has 0 saturated carbocycles. The molecule has 0 unspecified atom stereocenters. The van der Waals surface area contributed by atoms with Crippen LogP contribution in [0, 0.1) is 22.7 Å². The number of nitrogens with zero attached hydrogens (tertiary/aromatic N) is 4. The van der Waals surface area contributed by atoms with E-state index in [0.717, 1.165) is 10.2 Å². The van der Waals surface area contributed by atoms with Crippen molar-refractivity contribution in [3.8, 4) is 41.3 Å². The molecular formula is C22H14BrN5O3. The molecule has 0 atom stereocenters. The van der Waals surface area contributed by atoms with E-state index in [0.29, 0.717) is 28.8 Å². The summed E-state index contributed by atoms with van der Waals surface area (Å²) in [6.45, 7) is 1.99. The number of phenols is 1. The number of nitrogens with one attached hydrogen (secondary N) is 1. The van der Waals surface area contributed by atoms with Crippen LogP contribution in [0.1, 0.15) is 23.7 Å². The molecule has 31 heavy (non-hydrogen) atoms. The number of aromatic hydroxyl groups is 1. The van der Waals surface area contributed by atoms with Gasteiger partial charge in [0, 0.05) is 11.8 Å². The molecule has 0 fully saturated rings. The Hall–Kier alpha value is -4.08. The van der Waals surface area contributed by atoms with Crippen LogP contribution in [0.15, 0.2) is 46.9 Å². The lowest BCUT2D eigenvalue weighted by Crippen LogP contribution is -1.97. The molecule has 0 saturated heterocycles. The molecule has 9 heteroatoms. The fourth-order valence-corrected chi connectivity index (χ4v) is 3.71. The Kier molecular flexibility index (Phi) is 5.44. The molecule has 0 aliphatic carbocycles. The number of nitriles is 2. The van der Waals surface area contributed by atoms with Crippen LogP contribution in [-0.2, 0) is 6.42 Å². The summed E-state index contributed by atoms with van der Waals surface area (Å²) in [5, 5.41) is 28.7. The van der Waals surface area contributed by atoms with Crippen molar-refractivity contribution < 1.29 is 14.6 Å². The predicted molar refractivity (Wildman–Crippen MR) is 115 cm³/mol. The highest BCUT2D eigenvalue weighted by Gasteiger charge is 2.19. The molecular weight excluding hydrogens is 462 g/mol. The van der Waals surface area contributed by atoms with Gasteiger partial charge in [0.2, 0.25) is 5.88 Å². The Labute approximate surface area is 185 Å². The van der Waals surface area contributed by atoms with Gasteiger partial charge < -0.3 is 19.6 Å². The number of aromatic nitrogens is 3. The quantitative estimate of drug-likeness (QED) is 0.399. The molecule has 0 spiro atoms. The summed E-state index contributed by atoms with van der Waals surface area (Å²) in [6, 6.07) is 14.9. The molecule has 8 nitrogen and oxygen atoms in total. The Balaban J connectivity index is 1.82. The summed E-state index contributed by atoms with van der Waals surface area (Å²) in [5.41, 5.74) is 2.06. The Morgan fingerprint density at radius 2 is 1.81 bits per heavy atom. The fraction of sp³-hybridized carbons (Fsp3) is 0.0909. The van der Waals surface area contributed by atoms with Gasteiger partial charge in [0.1, 0.15) is 22.9 Å². The number of benzene rings is 2. The van der Waals surface area contributed by atoms with Crippen LogP contribution in [0.4, 0.5) is 0 Å². The SMILES string of the molecule is CCc1[nH]c2nc(Oc3cccc(C#N)c3)nc(Oc3cc(O)cc(C#N)c3)c2c1Br. The van der Waals surface area contributed by atoms with Crippen molar-refractivity contribution in [3.05, 3.63) is 63.8 Å². The number of phenolic OH excluding ortho intramolecular Hbond substituents is 1. The number of aryl methyl sites for hydroxylation is 1.